The summed E-state index contributed by atoms with van der Waals surface area (Å²) < 4.78 is 0. The van der Waals surface area contributed by atoms with Crippen LogP contribution in [0.25, 0.3) is 0 Å². The number of hydrogen-bond donors (Lipinski definition) is 4. The Kier molecular flexibility index (Phi) is 25.9. The molecule has 1 atom stereocenters. The van der Waals surface area contributed by atoms with Crippen LogP contribution in [0.1, 0.15) is 120 Å². The minimum Gasteiger partial charge on any atom is -0.480 e. The minimum absolute atomic E-state index is 0. The van der Waals surface area contributed by atoms with Gasteiger partial charge < -0.3 is 20.6 Å². The van der Waals surface area contributed by atoms with Gasteiger partial charge in [-0.05, 0) is 74.8 Å². The van der Waals surface area contributed by atoms with Crippen LogP contribution in [0.2, 0.25) is 0 Å². The van der Waals surface area contributed by atoms with E-state index in [4.69, 9.17) is 0 Å². The first-order valence-corrected chi connectivity index (χ1v) is 20.5. The summed E-state index contributed by atoms with van der Waals surface area (Å²) in [6, 6.07) is 12.1. The van der Waals surface area contributed by atoms with E-state index in [1.807, 2.05) is 35.2 Å². The largest absolute Gasteiger partial charge is 3.00 e. The van der Waals surface area contributed by atoms with Gasteiger partial charge in [0.15, 0.2) is 0 Å². The fourth-order valence-electron chi connectivity index (χ4n) is 7.04. The maximum atomic E-state index is 12.7. The number of amides is 1. The summed E-state index contributed by atoms with van der Waals surface area (Å²) in [7, 11) is 0. The van der Waals surface area contributed by atoms with Crippen LogP contribution < -0.4 is 5.32 Å². The number of aliphatic carboxylic acids is 3. The average molecular weight is 921 g/mol. The Labute approximate surface area is 366 Å². The monoisotopic (exact) mass is 921 g/mol. The van der Waals surface area contributed by atoms with Crippen molar-refractivity contribution in [2.24, 2.45) is 0 Å². The zero-order chi connectivity index (χ0) is 39.7. The average Bonchev–Trinajstić information content (AvgIpc) is 3.13. The SMILES string of the molecule is CCCCCCCC/C=C\CCCCCCCC(=O)Nc1ccc(CCC(C(=O)O)N2CCN(CC(=O)O)Cc3cccc(n3)CN(CC(=O)O)CC2)cc1.[Gd+3]. The van der Waals surface area contributed by atoms with E-state index >= 15 is 0 Å². The number of rotatable bonds is 25. The minimum atomic E-state index is -0.993. The Hall–Kier alpha value is -2.81. The van der Waals surface area contributed by atoms with Crippen molar-refractivity contribution in [1.29, 1.82) is 0 Å². The van der Waals surface area contributed by atoms with Crippen LogP contribution in [0.15, 0.2) is 54.6 Å². The molecule has 1 aromatic carbocycles. The van der Waals surface area contributed by atoms with Crippen molar-refractivity contribution >= 4 is 29.5 Å². The molecule has 2 heterocycles. The molecule has 309 valence electrons. The van der Waals surface area contributed by atoms with E-state index in [2.05, 4.69) is 29.4 Å². The van der Waals surface area contributed by atoms with Gasteiger partial charge >= 0.3 is 57.8 Å². The number of fused-ring (bicyclic) bond motifs is 2. The standard InChI is InChI=1S/C43H65N5O7.Gd/c1-2-3-4-5-6-7-8-9-10-11-12-13-14-15-16-20-40(49)45-36-24-21-35(22-25-36)23-26-39(43(54)55)48-29-27-46(33-41(50)51)31-37-18-17-19-38(44-37)32-47(28-30-48)34-42(52)53;/h9-10,17-19,21-22,24-25,39H,2-8,11-16,20,23,26-34H2,1H3,(H,45,49)(H,50,51)(H,52,53)(H,54,55);/q;+3/b10-9-;. The molecule has 0 spiro atoms. The third kappa shape index (κ3) is 21.6. The van der Waals surface area contributed by atoms with Crippen molar-refractivity contribution in [3.8, 4) is 0 Å². The molecule has 56 heavy (non-hydrogen) atoms. The normalized spacial score (nSPS) is 15.0. The van der Waals surface area contributed by atoms with Crippen molar-refractivity contribution in [2.75, 3.05) is 44.6 Å². The first-order chi connectivity index (χ1) is 26.6. The summed E-state index contributed by atoms with van der Waals surface area (Å²) >= 11 is 0. The summed E-state index contributed by atoms with van der Waals surface area (Å²) in [4.78, 5) is 58.5. The molecule has 0 aliphatic carbocycles. The molecular formula is C43H65GdN5O7+3. The van der Waals surface area contributed by atoms with Gasteiger partial charge in [0.25, 0.3) is 0 Å². The second kappa shape index (κ2) is 29.4. The number of allylic oxidation sites excluding steroid dienone is 2. The van der Waals surface area contributed by atoms with Crippen LogP contribution in [0.4, 0.5) is 5.69 Å². The fourth-order valence-corrected chi connectivity index (χ4v) is 7.04. The number of benzene rings is 1. The molecule has 1 aromatic heterocycles. The summed E-state index contributed by atoms with van der Waals surface area (Å²) in [5, 5.41) is 32.4. The number of carboxylic acid groups (broad SMARTS) is 3. The first-order valence-electron chi connectivity index (χ1n) is 20.5. The predicted octanol–water partition coefficient (Wildman–Crippen LogP) is 7.23. The topological polar surface area (TPSA) is 164 Å². The molecule has 1 unspecified atom stereocenters. The Morgan fingerprint density at radius 2 is 1.23 bits per heavy atom. The van der Waals surface area contributed by atoms with Crippen molar-refractivity contribution in [1.82, 2.24) is 19.7 Å². The van der Waals surface area contributed by atoms with E-state index in [9.17, 15) is 34.5 Å². The number of pyridine rings is 1. The number of unbranched alkanes of at least 4 members (excludes halogenated alkanes) is 11. The molecule has 13 heteroatoms. The molecule has 2 aromatic rings. The van der Waals surface area contributed by atoms with Gasteiger partial charge in [0.05, 0.1) is 24.5 Å². The van der Waals surface area contributed by atoms with Crippen molar-refractivity contribution in [3.63, 3.8) is 0 Å². The van der Waals surface area contributed by atoms with E-state index in [1.165, 1.54) is 57.8 Å². The van der Waals surface area contributed by atoms with Crippen LogP contribution >= 0.6 is 0 Å². The van der Waals surface area contributed by atoms with Crippen LogP contribution in [0.5, 0.6) is 0 Å². The molecule has 2 bridgehead atoms. The molecule has 0 saturated heterocycles. The molecular weight excluding hydrogens is 856 g/mol. The zero-order valence-corrected chi connectivity index (χ0v) is 35.6. The summed E-state index contributed by atoms with van der Waals surface area (Å²) in [6.45, 7) is 3.51. The van der Waals surface area contributed by atoms with E-state index in [0.29, 0.717) is 49.4 Å². The number of hydrogen-bond acceptors (Lipinski definition) is 8. The Balaban J connectivity index is 0.0000108. The number of carbonyl (C=O) groups is 4. The Morgan fingerprint density at radius 3 is 1.75 bits per heavy atom. The van der Waals surface area contributed by atoms with Gasteiger partial charge in [-0.25, -0.2) is 0 Å². The molecule has 1 aliphatic heterocycles. The Morgan fingerprint density at radius 1 is 0.714 bits per heavy atom. The quantitative estimate of drug-likeness (QED) is 0.0587. The summed E-state index contributed by atoms with van der Waals surface area (Å²) in [6.07, 6.45) is 21.7. The molecule has 12 nitrogen and oxygen atoms in total. The summed E-state index contributed by atoms with van der Waals surface area (Å²) in [5.74, 6) is -2.98. The molecule has 0 saturated carbocycles. The number of nitrogens with one attached hydrogen (secondary N) is 1. The van der Waals surface area contributed by atoms with Crippen molar-refractivity contribution < 1.29 is 74.4 Å². The van der Waals surface area contributed by atoms with Crippen LogP contribution in [0, 0.1) is 39.9 Å². The number of carbonyl (C=O) groups excluding carboxylic acids is 1. The number of carboxylic acids is 3. The summed E-state index contributed by atoms with van der Waals surface area (Å²) in [5.41, 5.74) is 2.97. The van der Waals surface area contributed by atoms with E-state index in [-0.39, 0.29) is 85.1 Å². The van der Waals surface area contributed by atoms with Gasteiger partial charge in [-0.1, -0.05) is 88.6 Å². The molecule has 1 aliphatic rings. The van der Waals surface area contributed by atoms with E-state index < -0.39 is 23.9 Å². The number of aromatic nitrogens is 1. The van der Waals surface area contributed by atoms with E-state index in [0.717, 1.165) is 31.2 Å². The van der Waals surface area contributed by atoms with E-state index in [1.54, 1.807) is 21.9 Å². The molecule has 3 rings (SSSR count). The van der Waals surface area contributed by atoms with Gasteiger partial charge in [0.1, 0.15) is 6.04 Å². The third-order valence-electron chi connectivity index (χ3n) is 10.1. The van der Waals surface area contributed by atoms with Crippen molar-refractivity contribution in [3.05, 3.63) is 71.6 Å². The fraction of sp³-hybridized carbons (Fsp3) is 0.605. The van der Waals surface area contributed by atoms with Crippen LogP contribution in [-0.4, -0.2) is 104 Å². The maximum absolute atomic E-state index is 12.7. The smallest absolute Gasteiger partial charge is 0.480 e. The molecule has 1 amide bonds. The second-order valence-corrected chi connectivity index (χ2v) is 14.8. The maximum Gasteiger partial charge on any atom is 3.00 e. The van der Waals surface area contributed by atoms with Crippen molar-refractivity contribution in [2.45, 2.75) is 129 Å². The van der Waals surface area contributed by atoms with Gasteiger partial charge in [0.2, 0.25) is 5.91 Å². The molecule has 0 fully saturated rings. The van der Waals surface area contributed by atoms with Gasteiger partial charge in [-0.15, -0.1) is 0 Å². The number of aryl methyl sites for hydroxylation is 1. The van der Waals surface area contributed by atoms with Crippen LogP contribution in [0.3, 0.4) is 0 Å². The Bertz CT molecular complexity index is 1430. The van der Waals surface area contributed by atoms with Gasteiger partial charge in [-0.3, -0.25) is 38.9 Å². The second-order valence-electron chi connectivity index (χ2n) is 14.8. The zero-order valence-electron chi connectivity index (χ0n) is 33.4. The van der Waals surface area contributed by atoms with Gasteiger partial charge in [0, 0.05) is 51.4 Å². The molecule has 1 radical (unpaired) electrons. The van der Waals surface area contributed by atoms with Gasteiger partial charge in [-0.2, -0.15) is 0 Å². The number of nitrogens with zero attached hydrogens (tertiary/aromatic N) is 4. The van der Waals surface area contributed by atoms with Crippen LogP contribution in [-0.2, 0) is 38.7 Å². The number of anilines is 1. The third-order valence-corrected chi connectivity index (χ3v) is 10.1. The molecule has 4 N–H and O–H groups in total. The first kappa shape index (κ1) is 49.3. The predicted molar refractivity (Wildman–Crippen MR) is 216 cm³/mol.